The van der Waals surface area contributed by atoms with Crippen molar-refractivity contribution in [2.75, 3.05) is 0 Å². The van der Waals surface area contributed by atoms with Crippen LogP contribution in [0.1, 0.15) is 57.7 Å². The summed E-state index contributed by atoms with van der Waals surface area (Å²) in [6.07, 6.45) is -1.88. The lowest BCUT2D eigenvalue weighted by atomic mass is 9.98. The lowest BCUT2D eigenvalue weighted by molar-refractivity contribution is -0.138. The van der Waals surface area contributed by atoms with Crippen molar-refractivity contribution in [1.82, 2.24) is 0 Å². The summed E-state index contributed by atoms with van der Waals surface area (Å²) in [5.74, 6) is 0. The molecule has 0 aliphatic heterocycles. The van der Waals surface area contributed by atoms with E-state index in [-0.39, 0.29) is 5.56 Å². The van der Waals surface area contributed by atoms with Gasteiger partial charge in [0.2, 0.25) is 0 Å². The zero-order valence-corrected chi connectivity index (χ0v) is 19.1. The molecule has 0 spiro atoms. The van der Waals surface area contributed by atoms with Crippen LogP contribution in [0, 0.1) is 6.92 Å². The van der Waals surface area contributed by atoms with Gasteiger partial charge in [-0.2, -0.15) is 13.2 Å². The van der Waals surface area contributed by atoms with E-state index in [1.54, 1.807) is 6.07 Å². The summed E-state index contributed by atoms with van der Waals surface area (Å²) in [5, 5.41) is 0. The molecule has 3 aromatic carbocycles. The third-order valence-electron chi connectivity index (χ3n) is 3.93. The fourth-order valence-electron chi connectivity index (χ4n) is 2.62. The molecule has 0 saturated carbocycles. The Kier molecular flexibility index (Phi) is 14.0. The molecular weight excluding hydrogens is 381 g/mol. The van der Waals surface area contributed by atoms with Crippen LogP contribution in [0.4, 0.5) is 13.2 Å². The van der Waals surface area contributed by atoms with Crippen LogP contribution < -0.4 is 0 Å². The Morgan fingerprint density at radius 1 is 0.667 bits per heavy atom. The molecule has 0 atom stereocenters. The summed E-state index contributed by atoms with van der Waals surface area (Å²) in [6, 6.07) is 24.6. The number of alkyl halides is 3. The van der Waals surface area contributed by atoms with Gasteiger partial charge in [-0.3, -0.25) is 0 Å². The van der Waals surface area contributed by atoms with Crippen LogP contribution in [0.5, 0.6) is 0 Å². The molecule has 0 amide bonds. The molecule has 0 N–H and O–H groups in total. The highest BCUT2D eigenvalue weighted by Gasteiger charge is 2.31. The molecule has 3 heteroatoms. The number of rotatable bonds is 2. The quantitative estimate of drug-likeness (QED) is 0.390. The Hall–Kier alpha value is -2.55. The van der Waals surface area contributed by atoms with Crippen molar-refractivity contribution < 1.29 is 13.2 Å². The summed E-state index contributed by atoms with van der Waals surface area (Å²) >= 11 is 0. The van der Waals surface area contributed by atoms with Crippen molar-refractivity contribution >= 4 is 0 Å². The largest absolute Gasteiger partial charge is 0.416 e. The van der Waals surface area contributed by atoms with E-state index < -0.39 is 11.7 Å². The van der Waals surface area contributed by atoms with Gasteiger partial charge in [0.1, 0.15) is 0 Å². The minimum absolute atomic E-state index is 0.264. The third-order valence-corrected chi connectivity index (χ3v) is 3.93. The monoisotopic (exact) mass is 416 g/mol. The van der Waals surface area contributed by atoms with E-state index in [9.17, 15) is 13.2 Å². The second-order valence-electron chi connectivity index (χ2n) is 6.40. The van der Waals surface area contributed by atoms with E-state index in [1.165, 1.54) is 42.2 Å². The van der Waals surface area contributed by atoms with Gasteiger partial charge in [-0.25, -0.2) is 0 Å². The Labute approximate surface area is 180 Å². The van der Waals surface area contributed by atoms with E-state index in [0.29, 0.717) is 0 Å². The molecule has 0 fully saturated rings. The number of hydrogen-bond donors (Lipinski definition) is 0. The first-order chi connectivity index (χ1) is 14.3. The standard InChI is InChI=1S/C14H14.C8H7F3.C3H8.C2H6/c1-2-12-8-6-7-11-14(12)13-9-4-3-5-10-13;1-6-4-2-3-5-7(6)8(9,10)11;1-3-2;1-2/h3-11H,2H2,1H3;2-5H,1H3;3H2,1-2H3;1-2H3. The molecule has 3 rings (SSSR count). The van der Waals surface area contributed by atoms with Gasteiger partial charge in [-0.05, 0) is 41.7 Å². The molecule has 0 radical (unpaired) electrons. The van der Waals surface area contributed by atoms with Crippen molar-refractivity contribution in [3.63, 3.8) is 0 Å². The first-order valence-electron chi connectivity index (χ1n) is 10.6. The van der Waals surface area contributed by atoms with Gasteiger partial charge in [0, 0.05) is 0 Å². The summed E-state index contributed by atoms with van der Waals surface area (Å²) < 4.78 is 36.1. The summed E-state index contributed by atoms with van der Waals surface area (Å²) in [4.78, 5) is 0. The maximum atomic E-state index is 12.0. The zero-order chi connectivity index (χ0) is 23.0. The average molecular weight is 417 g/mol. The molecule has 0 aliphatic rings. The van der Waals surface area contributed by atoms with Crippen LogP contribution >= 0.6 is 0 Å². The van der Waals surface area contributed by atoms with E-state index in [1.807, 2.05) is 13.8 Å². The SMILES string of the molecule is CC.CCC.CCc1ccccc1-c1ccccc1.Cc1ccccc1C(F)(F)F. The minimum Gasteiger partial charge on any atom is -0.166 e. The second-order valence-corrected chi connectivity index (χ2v) is 6.40. The first-order valence-corrected chi connectivity index (χ1v) is 10.6. The molecule has 164 valence electrons. The summed E-state index contributed by atoms with van der Waals surface area (Å²) in [6.45, 7) is 11.9. The molecule has 0 bridgehead atoms. The number of halogens is 3. The van der Waals surface area contributed by atoms with Crippen LogP contribution in [0.2, 0.25) is 0 Å². The topological polar surface area (TPSA) is 0 Å². The average Bonchev–Trinajstić information content (AvgIpc) is 2.76. The lowest BCUT2D eigenvalue weighted by Gasteiger charge is -2.08. The normalized spacial score (nSPS) is 9.77. The van der Waals surface area contributed by atoms with Gasteiger partial charge < -0.3 is 0 Å². The zero-order valence-electron chi connectivity index (χ0n) is 19.1. The van der Waals surface area contributed by atoms with Crippen molar-refractivity contribution in [2.45, 2.75) is 60.6 Å². The number of hydrogen-bond acceptors (Lipinski definition) is 0. The van der Waals surface area contributed by atoms with E-state index in [4.69, 9.17) is 0 Å². The lowest BCUT2D eigenvalue weighted by Crippen LogP contribution is -2.06. The maximum Gasteiger partial charge on any atom is 0.416 e. The molecular formula is C27H35F3. The molecule has 0 nitrogen and oxygen atoms in total. The van der Waals surface area contributed by atoms with Gasteiger partial charge in [-0.15, -0.1) is 0 Å². The minimum atomic E-state index is -4.22. The molecule has 0 heterocycles. The molecule has 30 heavy (non-hydrogen) atoms. The third kappa shape index (κ3) is 9.78. The van der Waals surface area contributed by atoms with Gasteiger partial charge in [0.25, 0.3) is 0 Å². The van der Waals surface area contributed by atoms with Crippen molar-refractivity contribution in [3.05, 3.63) is 95.6 Å². The van der Waals surface area contributed by atoms with Crippen LogP contribution in [0.25, 0.3) is 11.1 Å². The second kappa shape index (κ2) is 15.3. The Morgan fingerprint density at radius 3 is 1.60 bits per heavy atom. The molecule has 0 saturated heterocycles. The molecule has 0 aliphatic carbocycles. The predicted molar refractivity (Wildman–Crippen MR) is 125 cm³/mol. The Morgan fingerprint density at radius 2 is 1.13 bits per heavy atom. The Bertz CT molecular complexity index is 806. The first kappa shape index (κ1) is 27.4. The van der Waals surface area contributed by atoms with Crippen molar-refractivity contribution in [1.29, 1.82) is 0 Å². The van der Waals surface area contributed by atoms with Crippen molar-refractivity contribution in [2.24, 2.45) is 0 Å². The summed E-state index contributed by atoms with van der Waals surface area (Å²) in [7, 11) is 0. The van der Waals surface area contributed by atoms with Gasteiger partial charge in [0.15, 0.2) is 0 Å². The van der Waals surface area contributed by atoms with Gasteiger partial charge >= 0.3 is 6.18 Å². The fraction of sp³-hybridized carbons (Fsp3) is 0.333. The van der Waals surface area contributed by atoms with E-state index >= 15 is 0 Å². The molecule has 0 aromatic heterocycles. The predicted octanol–water partition coefficient (Wildman–Crippen LogP) is 9.37. The maximum absolute atomic E-state index is 12.0. The fourth-order valence-corrected chi connectivity index (χ4v) is 2.62. The number of benzene rings is 3. The van der Waals surface area contributed by atoms with E-state index in [0.717, 1.165) is 12.5 Å². The summed E-state index contributed by atoms with van der Waals surface area (Å²) in [5.41, 5.74) is 3.79. The molecule has 0 unspecified atom stereocenters. The van der Waals surface area contributed by atoms with Gasteiger partial charge in [-0.1, -0.05) is 114 Å². The van der Waals surface area contributed by atoms with Crippen molar-refractivity contribution in [3.8, 4) is 11.1 Å². The van der Waals surface area contributed by atoms with Crippen LogP contribution in [-0.2, 0) is 12.6 Å². The highest BCUT2D eigenvalue weighted by atomic mass is 19.4. The smallest absolute Gasteiger partial charge is 0.166 e. The van der Waals surface area contributed by atoms with Crippen LogP contribution in [0.3, 0.4) is 0 Å². The van der Waals surface area contributed by atoms with Crippen LogP contribution in [-0.4, -0.2) is 0 Å². The number of aryl methyl sites for hydroxylation is 2. The van der Waals surface area contributed by atoms with Gasteiger partial charge in [0.05, 0.1) is 5.56 Å². The van der Waals surface area contributed by atoms with E-state index in [2.05, 4.69) is 75.4 Å². The Balaban J connectivity index is 0.000000472. The highest BCUT2D eigenvalue weighted by Crippen LogP contribution is 2.31. The highest BCUT2D eigenvalue weighted by molar-refractivity contribution is 5.67. The van der Waals surface area contributed by atoms with Crippen LogP contribution in [0.15, 0.2) is 78.9 Å². The molecule has 3 aromatic rings.